The van der Waals surface area contributed by atoms with Gasteiger partial charge in [-0.1, -0.05) is 17.8 Å². The molecule has 1 aliphatic heterocycles. The summed E-state index contributed by atoms with van der Waals surface area (Å²) in [5.41, 5.74) is 0.855. The first-order valence-electron chi connectivity index (χ1n) is 7.04. The number of halogens is 1. The Morgan fingerprint density at radius 3 is 2.64 bits per heavy atom. The topological polar surface area (TPSA) is 35.5 Å². The molecule has 2 aromatic carbocycles. The standard InChI is InChI=1S/C17H15FO3S/c1-3-20-17(19)10(2)11-4-6-13-15(8-11)22-16-9-12(18)5-7-14(16)21-13/h4-10H,3H2,1-2H3. The van der Waals surface area contributed by atoms with Crippen LogP contribution in [0.5, 0.6) is 11.5 Å². The molecule has 114 valence electrons. The molecule has 1 heterocycles. The molecular weight excluding hydrogens is 303 g/mol. The Morgan fingerprint density at radius 2 is 1.91 bits per heavy atom. The first-order chi connectivity index (χ1) is 10.6. The second kappa shape index (κ2) is 6.01. The minimum atomic E-state index is -0.347. The minimum Gasteiger partial charge on any atom is -0.466 e. The number of carbonyl (C=O) groups is 1. The second-order valence-corrected chi connectivity index (χ2v) is 6.06. The van der Waals surface area contributed by atoms with Crippen LogP contribution in [0.25, 0.3) is 0 Å². The van der Waals surface area contributed by atoms with Gasteiger partial charge in [-0.3, -0.25) is 4.79 Å². The molecule has 0 saturated heterocycles. The monoisotopic (exact) mass is 318 g/mol. The summed E-state index contributed by atoms with van der Waals surface area (Å²) >= 11 is 1.44. The first-order valence-corrected chi connectivity index (χ1v) is 7.86. The number of benzene rings is 2. The molecule has 5 heteroatoms. The van der Waals surface area contributed by atoms with Crippen LogP contribution in [0.2, 0.25) is 0 Å². The lowest BCUT2D eigenvalue weighted by Gasteiger charge is -2.21. The molecule has 0 N–H and O–H groups in total. The van der Waals surface area contributed by atoms with Gasteiger partial charge in [0, 0.05) is 0 Å². The zero-order chi connectivity index (χ0) is 15.7. The normalized spacial score (nSPS) is 13.6. The van der Waals surface area contributed by atoms with Crippen LogP contribution >= 0.6 is 11.8 Å². The summed E-state index contributed by atoms with van der Waals surface area (Å²) in [6, 6.07) is 10.0. The molecular formula is C17H15FO3S. The van der Waals surface area contributed by atoms with Crippen molar-refractivity contribution in [2.45, 2.75) is 29.6 Å². The molecule has 22 heavy (non-hydrogen) atoms. The Hall–Kier alpha value is -2.01. The summed E-state index contributed by atoms with van der Waals surface area (Å²) in [7, 11) is 0. The van der Waals surface area contributed by atoms with Crippen molar-refractivity contribution in [3.63, 3.8) is 0 Å². The fourth-order valence-electron chi connectivity index (χ4n) is 2.24. The van der Waals surface area contributed by atoms with Crippen molar-refractivity contribution in [1.82, 2.24) is 0 Å². The fourth-order valence-corrected chi connectivity index (χ4v) is 3.27. The summed E-state index contributed by atoms with van der Waals surface area (Å²) in [6.45, 7) is 3.95. The molecule has 1 unspecified atom stereocenters. The Bertz CT molecular complexity index is 730. The van der Waals surface area contributed by atoms with Crippen molar-refractivity contribution in [3.8, 4) is 11.5 Å². The molecule has 2 aromatic rings. The Morgan fingerprint density at radius 1 is 1.23 bits per heavy atom. The van der Waals surface area contributed by atoms with Crippen molar-refractivity contribution in [2.75, 3.05) is 6.61 Å². The third-order valence-corrected chi connectivity index (χ3v) is 4.53. The second-order valence-electron chi connectivity index (χ2n) is 4.98. The van der Waals surface area contributed by atoms with Crippen molar-refractivity contribution in [2.24, 2.45) is 0 Å². The number of hydrogen-bond donors (Lipinski definition) is 0. The lowest BCUT2D eigenvalue weighted by atomic mass is 10.0. The van der Waals surface area contributed by atoms with Gasteiger partial charge in [0.05, 0.1) is 22.3 Å². The molecule has 0 bridgehead atoms. The number of hydrogen-bond acceptors (Lipinski definition) is 4. The SMILES string of the molecule is CCOC(=O)C(C)c1ccc2c(c1)Sc1cc(F)ccc1O2. The molecule has 0 amide bonds. The number of esters is 1. The number of ether oxygens (including phenoxy) is 2. The molecule has 0 spiro atoms. The summed E-state index contributed by atoms with van der Waals surface area (Å²) in [5.74, 6) is 0.457. The maximum absolute atomic E-state index is 13.3. The van der Waals surface area contributed by atoms with Gasteiger partial charge < -0.3 is 9.47 Å². The first kappa shape index (κ1) is 14.9. The van der Waals surface area contributed by atoms with Gasteiger partial charge in [-0.05, 0) is 49.7 Å². The van der Waals surface area contributed by atoms with Crippen LogP contribution < -0.4 is 4.74 Å². The van der Waals surface area contributed by atoms with E-state index >= 15 is 0 Å². The van der Waals surface area contributed by atoms with Crippen molar-refractivity contribution < 1.29 is 18.7 Å². The Kier molecular flexibility index (Phi) is 4.07. The van der Waals surface area contributed by atoms with Gasteiger partial charge in [0.2, 0.25) is 0 Å². The molecule has 3 nitrogen and oxygen atoms in total. The van der Waals surface area contributed by atoms with Gasteiger partial charge in [0.1, 0.15) is 17.3 Å². The largest absolute Gasteiger partial charge is 0.466 e. The molecule has 0 fully saturated rings. The molecule has 3 rings (SSSR count). The lowest BCUT2D eigenvalue weighted by Crippen LogP contribution is -2.13. The van der Waals surface area contributed by atoms with Gasteiger partial charge in [0.25, 0.3) is 0 Å². The molecule has 1 atom stereocenters. The van der Waals surface area contributed by atoms with Crippen LogP contribution in [-0.2, 0) is 9.53 Å². The van der Waals surface area contributed by atoms with Crippen molar-refractivity contribution in [3.05, 3.63) is 47.8 Å². The van der Waals surface area contributed by atoms with Crippen LogP contribution in [0.3, 0.4) is 0 Å². The van der Waals surface area contributed by atoms with E-state index in [1.807, 2.05) is 25.1 Å². The van der Waals surface area contributed by atoms with E-state index in [9.17, 15) is 9.18 Å². The maximum atomic E-state index is 13.3. The van der Waals surface area contributed by atoms with E-state index in [-0.39, 0.29) is 17.7 Å². The smallest absolute Gasteiger partial charge is 0.313 e. The zero-order valence-corrected chi connectivity index (χ0v) is 13.1. The lowest BCUT2D eigenvalue weighted by molar-refractivity contribution is -0.144. The highest BCUT2D eigenvalue weighted by Crippen LogP contribution is 2.47. The Labute approximate surface area is 132 Å². The van der Waals surface area contributed by atoms with Crippen molar-refractivity contribution in [1.29, 1.82) is 0 Å². The third-order valence-electron chi connectivity index (χ3n) is 3.45. The fraction of sp³-hybridized carbons (Fsp3) is 0.235. The van der Waals surface area contributed by atoms with E-state index in [0.717, 1.165) is 15.4 Å². The molecule has 0 radical (unpaired) electrons. The number of carbonyl (C=O) groups excluding carboxylic acids is 1. The van der Waals surface area contributed by atoms with Gasteiger partial charge >= 0.3 is 5.97 Å². The number of fused-ring (bicyclic) bond motifs is 2. The van der Waals surface area contributed by atoms with Gasteiger partial charge in [-0.2, -0.15) is 0 Å². The predicted molar refractivity (Wildman–Crippen MR) is 82.1 cm³/mol. The van der Waals surface area contributed by atoms with Gasteiger partial charge in [-0.25, -0.2) is 4.39 Å². The van der Waals surface area contributed by atoms with E-state index in [0.29, 0.717) is 18.1 Å². The quantitative estimate of drug-likeness (QED) is 0.653. The summed E-state index contributed by atoms with van der Waals surface area (Å²) in [6.07, 6.45) is 0. The van der Waals surface area contributed by atoms with Gasteiger partial charge in [0.15, 0.2) is 0 Å². The van der Waals surface area contributed by atoms with Crippen LogP contribution in [0, 0.1) is 5.82 Å². The van der Waals surface area contributed by atoms with E-state index < -0.39 is 0 Å². The highest BCUT2D eigenvalue weighted by atomic mass is 32.2. The molecule has 0 saturated carbocycles. The van der Waals surface area contributed by atoms with E-state index in [4.69, 9.17) is 9.47 Å². The number of rotatable bonds is 3. The Balaban J connectivity index is 1.89. The van der Waals surface area contributed by atoms with E-state index in [2.05, 4.69) is 0 Å². The van der Waals surface area contributed by atoms with Gasteiger partial charge in [-0.15, -0.1) is 0 Å². The van der Waals surface area contributed by atoms with Crippen LogP contribution in [-0.4, -0.2) is 12.6 Å². The van der Waals surface area contributed by atoms with Crippen LogP contribution in [0.4, 0.5) is 4.39 Å². The molecule has 1 aliphatic rings. The average Bonchev–Trinajstić information content (AvgIpc) is 2.52. The zero-order valence-electron chi connectivity index (χ0n) is 12.3. The summed E-state index contributed by atoms with van der Waals surface area (Å²) in [4.78, 5) is 13.4. The predicted octanol–water partition coefficient (Wildman–Crippen LogP) is 4.75. The third kappa shape index (κ3) is 2.81. The highest BCUT2D eigenvalue weighted by molar-refractivity contribution is 7.99. The average molecular weight is 318 g/mol. The minimum absolute atomic E-state index is 0.254. The summed E-state index contributed by atoms with van der Waals surface area (Å²) < 4.78 is 24.2. The summed E-state index contributed by atoms with van der Waals surface area (Å²) in [5, 5.41) is 0. The maximum Gasteiger partial charge on any atom is 0.313 e. The van der Waals surface area contributed by atoms with Crippen molar-refractivity contribution >= 4 is 17.7 Å². The molecule has 0 aromatic heterocycles. The van der Waals surface area contributed by atoms with E-state index in [1.165, 1.54) is 23.9 Å². The van der Waals surface area contributed by atoms with E-state index in [1.54, 1.807) is 13.0 Å². The highest BCUT2D eigenvalue weighted by Gasteiger charge is 2.22. The van der Waals surface area contributed by atoms with Crippen LogP contribution in [0.1, 0.15) is 25.3 Å². The molecule has 0 aliphatic carbocycles. The van der Waals surface area contributed by atoms with Crippen LogP contribution in [0.15, 0.2) is 46.2 Å².